The van der Waals surface area contributed by atoms with Crippen molar-refractivity contribution in [2.45, 2.75) is 34.6 Å². The van der Waals surface area contributed by atoms with Gasteiger partial charge in [-0.3, -0.25) is 4.79 Å². The number of carbonyl (C=O) groups is 2. The Balaban J connectivity index is 0.00000179. The first-order valence-electron chi connectivity index (χ1n) is 11.9. The number of carbonyl (C=O) groups excluding carboxylic acids is 2. The summed E-state index contributed by atoms with van der Waals surface area (Å²) in [6, 6.07) is 10.0. The summed E-state index contributed by atoms with van der Waals surface area (Å²) in [5.41, 5.74) is 5.31. The Hall–Kier alpha value is -2.97. The third-order valence-electron chi connectivity index (χ3n) is 5.68. The molecule has 2 heterocycles. The van der Waals surface area contributed by atoms with Gasteiger partial charge >= 0.3 is 0 Å². The van der Waals surface area contributed by atoms with Gasteiger partial charge in [-0.1, -0.05) is 19.9 Å². The molecule has 1 fully saturated rings. The molecule has 1 aliphatic rings. The molecule has 1 saturated heterocycles. The molecule has 0 aliphatic carbocycles. The highest BCUT2D eigenvalue weighted by Gasteiger charge is 2.24. The Morgan fingerprint density at radius 2 is 1.57 bits per heavy atom. The number of ether oxygens (including phenoxy) is 1. The number of nitrogens with zero attached hydrogens (tertiary/aromatic N) is 4. The van der Waals surface area contributed by atoms with Gasteiger partial charge in [-0.2, -0.15) is 0 Å². The predicted octanol–water partition coefficient (Wildman–Crippen LogP) is 3.50. The number of hydrogen-bond acceptors (Lipinski definition) is 7. The van der Waals surface area contributed by atoms with Crippen molar-refractivity contribution in [3.05, 3.63) is 52.7 Å². The lowest BCUT2D eigenvalue weighted by atomic mass is 10.1. The fourth-order valence-corrected chi connectivity index (χ4v) is 3.67. The van der Waals surface area contributed by atoms with Gasteiger partial charge in [0, 0.05) is 70.9 Å². The minimum absolute atomic E-state index is 0.0977. The summed E-state index contributed by atoms with van der Waals surface area (Å²) in [5, 5.41) is 7.00. The number of aryl methyl sites for hydroxylation is 3. The number of pyridine rings is 1. The Kier molecular flexibility index (Phi) is 16.0. The third kappa shape index (κ3) is 9.30. The highest BCUT2D eigenvalue weighted by molar-refractivity contribution is 5.94. The van der Waals surface area contributed by atoms with E-state index in [1.807, 2.05) is 56.8 Å². The molecule has 0 spiro atoms. The second kappa shape index (κ2) is 17.5. The fourth-order valence-electron chi connectivity index (χ4n) is 3.67. The van der Waals surface area contributed by atoms with Crippen LogP contribution in [0.25, 0.3) is 0 Å². The SMILES string of the molecule is C=O.CC.CO.COCCN(C)c1ccc(C(=O)N2CCN(c3nc(C)c(C)cc3C)CC2)cc1. The van der Waals surface area contributed by atoms with E-state index in [9.17, 15) is 4.79 Å². The predicted molar refractivity (Wildman–Crippen MR) is 145 cm³/mol. The van der Waals surface area contributed by atoms with Gasteiger partial charge in [-0.25, -0.2) is 4.98 Å². The number of anilines is 2. The number of piperazine rings is 1. The highest BCUT2D eigenvalue weighted by Crippen LogP contribution is 2.22. The van der Waals surface area contributed by atoms with Gasteiger partial charge in [-0.15, -0.1) is 0 Å². The zero-order valence-corrected chi connectivity index (χ0v) is 22.8. The number of aliphatic hydroxyl groups is 1. The Labute approximate surface area is 211 Å². The van der Waals surface area contributed by atoms with Crippen LogP contribution in [0.4, 0.5) is 11.5 Å². The molecule has 8 heteroatoms. The number of benzene rings is 1. The molecule has 1 aromatic heterocycles. The van der Waals surface area contributed by atoms with Crippen molar-refractivity contribution in [1.82, 2.24) is 9.88 Å². The first-order chi connectivity index (χ1) is 16.9. The standard InChI is InChI=1S/C23H32N4O2.C2H6.CH4O.CH2O/c1-17-16-18(2)22(24-19(17)3)26-10-12-27(13-11-26)23(28)20-6-8-21(9-7-20)25(4)14-15-29-5;3*1-2/h6-9,16H,10-15H2,1-5H3;1-2H3;2H,1H3;1H2. The molecule has 1 aliphatic heterocycles. The van der Waals surface area contributed by atoms with Crippen LogP contribution in [0, 0.1) is 20.8 Å². The number of likely N-dealkylation sites (N-methyl/N-ethyl adjacent to an activating group) is 1. The van der Waals surface area contributed by atoms with E-state index >= 15 is 0 Å². The van der Waals surface area contributed by atoms with Crippen LogP contribution < -0.4 is 9.80 Å². The van der Waals surface area contributed by atoms with Crippen molar-refractivity contribution in [2.24, 2.45) is 0 Å². The number of aliphatic hydroxyl groups excluding tert-OH is 1. The van der Waals surface area contributed by atoms with Crippen molar-refractivity contribution in [2.75, 3.05) is 70.4 Å². The molecule has 0 saturated carbocycles. The second-order valence-corrected chi connectivity index (χ2v) is 7.77. The lowest BCUT2D eigenvalue weighted by Crippen LogP contribution is -2.49. The van der Waals surface area contributed by atoms with Gasteiger partial charge in [0.1, 0.15) is 12.6 Å². The summed E-state index contributed by atoms with van der Waals surface area (Å²) in [4.78, 5) is 32.1. The van der Waals surface area contributed by atoms with Crippen LogP contribution in [0.2, 0.25) is 0 Å². The van der Waals surface area contributed by atoms with E-state index in [1.54, 1.807) is 7.11 Å². The third-order valence-corrected chi connectivity index (χ3v) is 5.68. The zero-order valence-electron chi connectivity index (χ0n) is 22.8. The summed E-state index contributed by atoms with van der Waals surface area (Å²) < 4.78 is 5.12. The molecule has 2 aromatic rings. The van der Waals surface area contributed by atoms with Gasteiger partial charge in [0.05, 0.1) is 6.61 Å². The Bertz CT molecular complexity index is 866. The maximum absolute atomic E-state index is 12.9. The highest BCUT2D eigenvalue weighted by atomic mass is 16.5. The van der Waals surface area contributed by atoms with Gasteiger partial charge < -0.3 is 29.3 Å². The first-order valence-corrected chi connectivity index (χ1v) is 11.9. The molecule has 1 aromatic carbocycles. The van der Waals surface area contributed by atoms with Crippen molar-refractivity contribution in [3.63, 3.8) is 0 Å². The van der Waals surface area contributed by atoms with E-state index in [0.717, 1.165) is 49.5 Å². The minimum Gasteiger partial charge on any atom is -0.400 e. The summed E-state index contributed by atoms with van der Waals surface area (Å²) in [6.45, 7) is 16.8. The lowest BCUT2D eigenvalue weighted by Gasteiger charge is -2.36. The maximum atomic E-state index is 12.9. The smallest absolute Gasteiger partial charge is 0.253 e. The van der Waals surface area contributed by atoms with E-state index in [2.05, 4.69) is 36.6 Å². The van der Waals surface area contributed by atoms with Crippen LogP contribution in [0.3, 0.4) is 0 Å². The van der Waals surface area contributed by atoms with Crippen molar-refractivity contribution >= 4 is 24.2 Å². The second-order valence-electron chi connectivity index (χ2n) is 7.77. The van der Waals surface area contributed by atoms with Gasteiger partial charge in [0.2, 0.25) is 0 Å². The zero-order chi connectivity index (χ0) is 27.0. The molecule has 8 nitrogen and oxygen atoms in total. The van der Waals surface area contributed by atoms with E-state index in [0.29, 0.717) is 19.7 Å². The van der Waals surface area contributed by atoms with Crippen LogP contribution in [-0.2, 0) is 9.53 Å². The maximum Gasteiger partial charge on any atom is 0.253 e. The molecule has 196 valence electrons. The Morgan fingerprint density at radius 1 is 1.03 bits per heavy atom. The number of amides is 1. The molecular formula is C27H44N4O4. The quantitative estimate of drug-likeness (QED) is 0.666. The van der Waals surface area contributed by atoms with Gasteiger partial charge in [0.25, 0.3) is 5.91 Å². The summed E-state index contributed by atoms with van der Waals surface area (Å²) >= 11 is 0. The number of methoxy groups -OCH3 is 1. The Morgan fingerprint density at radius 3 is 2.09 bits per heavy atom. The molecular weight excluding hydrogens is 444 g/mol. The fraction of sp³-hybridized carbons (Fsp3) is 0.519. The van der Waals surface area contributed by atoms with Crippen LogP contribution in [0.15, 0.2) is 30.3 Å². The summed E-state index contributed by atoms with van der Waals surface area (Å²) in [5.74, 6) is 1.14. The topological polar surface area (TPSA) is 86.2 Å². The van der Waals surface area contributed by atoms with E-state index in [1.165, 1.54) is 11.1 Å². The summed E-state index contributed by atoms with van der Waals surface area (Å²) in [6.07, 6.45) is 0. The summed E-state index contributed by atoms with van der Waals surface area (Å²) in [7, 11) is 4.73. The molecule has 1 amide bonds. The number of rotatable bonds is 6. The average molecular weight is 489 g/mol. The average Bonchev–Trinajstić information content (AvgIpc) is 2.92. The molecule has 1 N–H and O–H groups in total. The van der Waals surface area contributed by atoms with Gasteiger partial charge in [-0.05, 0) is 56.2 Å². The molecule has 0 bridgehead atoms. The van der Waals surface area contributed by atoms with Crippen LogP contribution >= 0.6 is 0 Å². The van der Waals surface area contributed by atoms with Crippen LogP contribution in [0.5, 0.6) is 0 Å². The van der Waals surface area contributed by atoms with Crippen molar-refractivity contribution in [3.8, 4) is 0 Å². The van der Waals surface area contributed by atoms with E-state index in [4.69, 9.17) is 19.6 Å². The van der Waals surface area contributed by atoms with Crippen LogP contribution in [-0.4, -0.2) is 88.3 Å². The largest absolute Gasteiger partial charge is 0.400 e. The molecule has 0 unspecified atom stereocenters. The van der Waals surface area contributed by atoms with Crippen molar-refractivity contribution in [1.29, 1.82) is 0 Å². The number of aromatic nitrogens is 1. The number of hydrogen-bond donors (Lipinski definition) is 1. The van der Waals surface area contributed by atoms with E-state index < -0.39 is 0 Å². The first kappa shape index (κ1) is 32.0. The molecule has 35 heavy (non-hydrogen) atoms. The molecule has 0 radical (unpaired) electrons. The molecule has 3 rings (SSSR count). The lowest BCUT2D eigenvalue weighted by molar-refractivity contribution is -0.0980. The minimum atomic E-state index is 0.0977. The monoisotopic (exact) mass is 488 g/mol. The van der Waals surface area contributed by atoms with Gasteiger partial charge in [0.15, 0.2) is 0 Å². The molecule has 0 atom stereocenters. The van der Waals surface area contributed by atoms with Crippen molar-refractivity contribution < 1.29 is 19.4 Å². The van der Waals surface area contributed by atoms with Crippen LogP contribution in [0.1, 0.15) is 41.0 Å². The normalized spacial score (nSPS) is 12.3. The van der Waals surface area contributed by atoms with E-state index in [-0.39, 0.29) is 5.91 Å².